The highest BCUT2D eigenvalue weighted by atomic mass is 32.1. The lowest BCUT2D eigenvalue weighted by Gasteiger charge is -2.04. The van der Waals surface area contributed by atoms with Gasteiger partial charge in [-0.25, -0.2) is 14.8 Å². The number of aryl methyl sites for hydroxylation is 3. The topological polar surface area (TPSA) is 103 Å². The average molecular weight is 404 g/mol. The van der Waals surface area contributed by atoms with Crippen LogP contribution in [-0.2, 0) is 22.5 Å². The first-order valence-corrected chi connectivity index (χ1v) is 10.1. The van der Waals surface area contributed by atoms with E-state index < -0.39 is 18.5 Å². The van der Waals surface area contributed by atoms with Crippen LogP contribution in [0.2, 0.25) is 0 Å². The minimum atomic E-state index is -0.634. The summed E-state index contributed by atoms with van der Waals surface area (Å²) in [5, 5.41) is 5.30. The highest BCUT2D eigenvalue weighted by molar-refractivity contribution is 7.20. The third-order valence-corrected chi connectivity index (χ3v) is 6.34. The summed E-state index contributed by atoms with van der Waals surface area (Å²) in [6.45, 7) is 3.76. The van der Waals surface area contributed by atoms with Crippen LogP contribution in [0.5, 0.6) is 0 Å². The molecule has 0 unspecified atom stereocenters. The number of carbonyl (C=O) groups excluding carboxylic acids is 2. The normalized spacial score (nSPS) is 13.0. The molecule has 0 radical (unpaired) electrons. The van der Waals surface area contributed by atoms with E-state index in [0.717, 1.165) is 35.7 Å². The number of hydrogen-bond acceptors (Lipinski definition) is 8. The first-order chi connectivity index (χ1) is 12.9. The van der Waals surface area contributed by atoms with Gasteiger partial charge >= 0.3 is 5.97 Å². The van der Waals surface area contributed by atoms with Crippen molar-refractivity contribution in [1.29, 1.82) is 0 Å². The van der Waals surface area contributed by atoms with Gasteiger partial charge in [-0.2, -0.15) is 0 Å². The second-order valence-corrected chi connectivity index (χ2v) is 8.10. The summed E-state index contributed by atoms with van der Waals surface area (Å²) in [5.41, 5.74) is 1.24. The molecule has 8 nitrogen and oxygen atoms in total. The zero-order chi connectivity index (χ0) is 19.1. The Bertz CT molecular complexity index is 1130. The highest BCUT2D eigenvalue weighted by Gasteiger charge is 2.24. The molecule has 4 heterocycles. The smallest absolute Gasteiger partial charge is 0.349 e. The van der Waals surface area contributed by atoms with Crippen LogP contribution in [0.4, 0.5) is 5.13 Å². The Hall–Kier alpha value is -2.59. The number of aromatic nitrogens is 3. The molecule has 0 aliphatic carbocycles. The number of thiophene rings is 1. The van der Waals surface area contributed by atoms with Gasteiger partial charge in [0.25, 0.3) is 11.5 Å². The number of esters is 1. The molecule has 1 N–H and O–H groups in total. The minimum Gasteiger partial charge on any atom is -0.451 e. The summed E-state index contributed by atoms with van der Waals surface area (Å²) in [5.74, 6) is -0.342. The Labute approximate surface area is 161 Å². The van der Waals surface area contributed by atoms with Crippen LogP contribution >= 0.6 is 22.7 Å². The van der Waals surface area contributed by atoms with Gasteiger partial charge in [-0.3, -0.25) is 19.5 Å². The van der Waals surface area contributed by atoms with Crippen molar-refractivity contribution in [1.82, 2.24) is 14.5 Å². The van der Waals surface area contributed by atoms with Crippen molar-refractivity contribution in [2.75, 3.05) is 11.9 Å². The summed E-state index contributed by atoms with van der Waals surface area (Å²) in [6, 6.07) is 0. The zero-order valence-corrected chi connectivity index (χ0v) is 16.3. The van der Waals surface area contributed by atoms with Crippen molar-refractivity contribution in [2.24, 2.45) is 0 Å². The van der Waals surface area contributed by atoms with Gasteiger partial charge in [0, 0.05) is 18.3 Å². The summed E-state index contributed by atoms with van der Waals surface area (Å²) in [6.07, 6.45) is 1.67. The zero-order valence-electron chi connectivity index (χ0n) is 14.7. The van der Waals surface area contributed by atoms with Crippen LogP contribution in [0.25, 0.3) is 10.2 Å². The molecular weight excluding hydrogens is 388 g/mol. The van der Waals surface area contributed by atoms with Crippen molar-refractivity contribution in [2.45, 2.75) is 33.2 Å². The number of thiazole rings is 1. The van der Waals surface area contributed by atoms with E-state index in [0.29, 0.717) is 32.3 Å². The Morgan fingerprint density at radius 3 is 2.89 bits per heavy atom. The molecule has 10 heteroatoms. The fourth-order valence-corrected chi connectivity index (χ4v) is 4.82. The lowest BCUT2D eigenvalue weighted by atomic mass is 10.2. The number of rotatable bonds is 4. The van der Waals surface area contributed by atoms with Gasteiger partial charge in [-0.1, -0.05) is 0 Å². The van der Waals surface area contributed by atoms with E-state index in [4.69, 9.17) is 4.74 Å². The minimum absolute atomic E-state index is 0.114. The fraction of sp³-hybridized carbons (Fsp3) is 0.353. The van der Waals surface area contributed by atoms with E-state index in [9.17, 15) is 14.4 Å². The van der Waals surface area contributed by atoms with Gasteiger partial charge in [0.1, 0.15) is 15.5 Å². The maximum atomic E-state index is 12.7. The molecule has 140 valence electrons. The van der Waals surface area contributed by atoms with Crippen LogP contribution in [0.15, 0.2) is 10.2 Å². The summed E-state index contributed by atoms with van der Waals surface area (Å²) >= 11 is 2.43. The third-order valence-electron chi connectivity index (χ3n) is 4.30. The first-order valence-electron chi connectivity index (χ1n) is 8.36. The van der Waals surface area contributed by atoms with Gasteiger partial charge in [0.2, 0.25) is 0 Å². The molecule has 1 aliphatic rings. The van der Waals surface area contributed by atoms with Crippen molar-refractivity contribution in [3.63, 3.8) is 0 Å². The van der Waals surface area contributed by atoms with Gasteiger partial charge in [-0.05, 0) is 25.8 Å². The molecule has 0 saturated carbocycles. The molecule has 0 bridgehead atoms. The maximum Gasteiger partial charge on any atom is 0.349 e. The van der Waals surface area contributed by atoms with Gasteiger partial charge in [0.05, 0.1) is 11.1 Å². The number of amides is 1. The van der Waals surface area contributed by atoms with E-state index in [2.05, 4.69) is 15.3 Å². The maximum absolute atomic E-state index is 12.7. The first kappa shape index (κ1) is 17.8. The number of hydrogen-bond donors (Lipinski definition) is 1. The molecule has 0 spiro atoms. The summed E-state index contributed by atoms with van der Waals surface area (Å²) in [4.78, 5) is 46.5. The molecule has 27 heavy (non-hydrogen) atoms. The fourth-order valence-electron chi connectivity index (χ4n) is 3.03. The number of ether oxygens (including phenoxy) is 1. The molecule has 1 aliphatic heterocycles. The van der Waals surface area contributed by atoms with E-state index in [-0.39, 0.29) is 5.56 Å². The van der Waals surface area contributed by atoms with E-state index in [1.165, 1.54) is 11.3 Å². The van der Waals surface area contributed by atoms with Crippen molar-refractivity contribution in [3.05, 3.63) is 37.7 Å². The second-order valence-electron chi connectivity index (χ2n) is 6.24. The summed E-state index contributed by atoms with van der Waals surface area (Å²) < 4.78 is 6.79. The van der Waals surface area contributed by atoms with Gasteiger partial charge < -0.3 is 4.74 Å². The van der Waals surface area contributed by atoms with Crippen LogP contribution in [0.1, 0.15) is 33.2 Å². The van der Waals surface area contributed by atoms with Gasteiger partial charge in [-0.15, -0.1) is 22.7 Å². The highest BCUT2D eigenvalue weighted by Crippen LogP contribution is 2.29. The molecule has 0 fully saturated rings. The van der Waals surface area contributed by atoms with Crippen LogP contribution < -0.4 is 10.9 Å². The quantitative estimate of drug-likeness (QED) is 0.669. The van der Waals surface area contributed by atoms with Gasteiger partial charge in [0.15, 0.2) is 11.7 Å². The molecule has 0 saturated heterocycles. The number of fused-ring (bicyclic) bond motifs is 2. The molecule has 3 aromatic rings. The van der Waals surface area contributed by atoms with E-state index >= 15 is 0 Å². The Morgan fingerprint density at radius 2 is 2.15 bits per heavy atom. The van der Waals surface area contributed by atoms with Crippen molar-refractivity contribution in [3.8, 4) is 0 Å². The lowest BCUT2D eigenvalue weighted by Crippen LogP contribution is -2.21. The molecule has 4 rings (SSSR count). The monoisotopic (exact) mass is 404 g/mol. The summed E-state index contributed by atoms with van der Waals surface area (Å²) in [7, 11) is 0. The Kier molecular flexibility index (Phi) is 4.52. The molecule has 0 aromatic carbocycles. The average Bonchev–Trinajstić information content (AvgIpc) is 3.33. The number of carbonyl (C=O) groups is 2. The van der Waals surface area contributed by atoms with Crippen LogP contribution in [0.3, 0.4) is 0 Å². The van der Waals surface area contributed by atoms with Crippen molar-refractivity contribution < 1.29 is 14.3 Å². The Balaban J connectivity index is 1.51. The predicted molar refractivity (Wildman–Crippen MR) is 103 cm³/mol. The van der Waals surface area contributed by atoms with E-state index in [1.54, 1.807) is 11.5 Å². The number of anilines is 1. The Morgan fingerprint density at radius 1 is 1.33 bits per heavy atom. The largest absolute Gasteiger partial charge is 0.451 e. The lowest BCUT2D eigenvalue weighted by molar-refractivity contribution is -0.119. The van der Waals surface area contributed by atoms with E-state index in [1.807, 2.05) is 12.3 Å². The molecule has 0 atom stereocenters. The number of nitrogens with one attached hydrogen (secondary N) is 1. The standard InChI is InChI=1S/C17H16N4O4S2/c1-8-7-26-17(18-8)20-11(22)6-25-16(24)13-9(2)12-14(27-13)19-10-4-3-5-21(10)15(12)23/h7H,3-6H2,1-2H3,(H,18,20,22). The van der Waals surface area contributed by atoms with Crippen LogP contribution in [-0.4, -0.2) is 33.0 Å². The molecular formula is C17H16N4O4S2. The SMILES string of the molecule is Cc1csc(NC(=O)COC(=O)c2sc3nc4n(c(=O)c3c2C)CCC4)n1. The number of nitrogens with zero attached hydrogens (tertiary/aromatic N) is 3. The van der Waals surface area contributed by atoms with Crippen molar-refractivity contribution >= 4 is 49.9 Å². The second kappa shape index (κ2) is 6.86. The van der Waals surface area contributed by atoms with Crippen LogP contribution in [0, 0.1) is 13.8 Å². The third kappa shape index (κ3) is 3.26. The molecule has 3 aromatic heterocycles. The molecule has 1 amide bonds. The predicted octanol–water partition coefficient (Wildman–Crippen LogP) is 2.27.